The maximum atomic E-state index is 12.6. The van der Waals surface area contributed by atoms with Gasteiger partial charge in [0.05, 0.1) is 21.8 Å². The van der Waals surface area contributed by atoms with Gasteiger partial charge in [0.2, 0.25) is 0 Å². The molecule has 0 radical (unpaired) electrons. The second-order valence-electron chi connectivity index (χ2n) is 6.53. The molecule has 0 saturated heterocycles. The highest BCUT2D eigenvalue weighted by Gasteiger charge is 2.18. The van der Waals surface area contributed by atoms with Gasteiger partial charge in [-0.25, -0.2) is 9.59 Å². The van der Waals surface area contributed by atoms with Crippen LogP contribution >= 0.6 is 23.2 Å². The molecular weight excluding hydrogens is 467 g/mol. The number of ether oxygens (including phenoxy) is 1. The first-order valence-corrected chi connectivity index (χ1v) is 10.1. The summed E-state index contributed by atoms with van der Waals surface area (Å²) in [4.78, 5) is 36.5. The summed E-state index contributed by atoms with van der Waals surface area (Å²) in [6.07, 6.45) is 1.23. The molecule has 0 aliphatic heterocycles. The van der Waals surface area contributed by atoms with Crippen molar-refractivity contribution in [2.45, 2.75) is 0 Å². The van der Waals surface area contributed by atoms with Crippen LogP contribution in [0.5, 0.6) is 5.75 Å². The van der Waals surface area contributed by atoms with Crippen LogP contribution in [0.1, 0.15) is 26.3 Å². The van der Waals surface area contributed by atoms with Crippen molar-refractivity contribution in [1.82, 2.24) is 0 Å². The number of para-hydroxylation sites is 2. The second-order valence-corrected chi connectivity index (χ2v) is 7.37. The lowest BCUT2D eigenvalue weighted by Gasteiger charge is -2.10. The Hall–Kier alpha value is -4.12. The zero-order valence-electron chi connectivity index (χ0n) is 16.7. The number of benzene rings is 3. The average molecular weight is 481 g/mol. The number of nitrogens with one attached hydrogen (secondary N) is 1. The van der Waals surface area contributed by atoms with Crippen LogP contribution in [0.3, 0.4) is 0 Å². The maximum Gasteiger partial charge on any atom is 0.345 e. The first-order valence-electron chi connectivity index (χ1n) is 9.32. The van der Waals surface area contributed by atoms with Gasteiger partial charge < -0.3 is 15.2 Å². The van der Waals surface area contributed by atoms with E-state index in [2.05, 4.69) is 5.32 Å². The van der Waals surface area contributed by atoms with E-state index in [1.165, 1.54) is 48.5 Å². The van der Waals surface area contributed by atoms with Crippen LogP contribution in [0.4, 0.5) is 5.69 Å². The van der Waals surface area contributed by atoms with Gasteiger partial charge >= 0.3 is 11.9 Å². The number of aromatic carboxylic acids is 1. The molecule has 0 unspecified atom stereocenters. The Morgan fingerprint density at radius 2 is 1.67 bits per heavy atom. The van der Waals surface area contributed by atoms with Crippen molar-refractivity contribution in [1.29, 1.82) is 5.26 Å². The van der Waals surface area contributed by atoms with Crippen LogP contribution in [0, 0.1) is 11.3 Å². The number of carboxylic acids is 1. The summed E-state index contributed by atoms with van der Waals surface area (Å²) in [5.41, 5.74) is -0.0636. The summed E-state index contributed by atoms with van der Waals surface area (Å²) in [6, 6.07) is 18.1. The van der Waals surface area contributed by atoms with Gasteiger partial charge in [0, 0.05) is 10.6 Å². The number of nitriles is 1. The summed E-state index contributed by atoms with van der Waals surface area (Å²) >= 11 is 11.9. The topological polar surface area (TPSA) is 116 Å². The third-order valence-corrected chi connectivity index (χ3v) is 4.89. The Morgan fingerprint density at radius 3 is 2.36 bits per heavy atom. The molecule has 0 aromatic heterocycles. The highest BCUT2D eigenvalue weighted by atomic mass is 35.5. The van der Waals surface area contributed by atoms with E-state index in [9.17, 15) is 24.8 Å². The lowest BCUT2D eigenvalue weighted by Crippen LogP contribution is -2.16. The molecule has 0 aliphatic carbocycles. The molecule has 0 atom stereocenters. The minimum Gasteiger partial charge on any atom is -0.478 e. The molecule has 2 N–H and O–H groups in total. The minimum absolute atomic E-state index is 0.0354. The summed E-state index contributed by atoms with van der Waals surface area (Å²) < 4.78 is 5.42. The number of esters is 1. The molecule has 0 fully saturated rings. The number of rotatable bonds is 6. The summed E-state index contributed by atoms with van der Waals surface area (Å²) in [5, 5.41) is 21.6. The number of halogens is 2. The zero-order chi connectivity index (χ0) is 24.0. The van der Waals surface area contributed by atoms with E-state index in [-0.39, 0.29) is 38.7 Å². The lowest BCUT2D eigenvalue weighted by atomic mass is 10.1. The van der Waals surface area contributed by atoms with Gasteiger partial charge in [0.15, 0.2) is 0 Å². The number of amides is 1. The Kier molecular flexibility index (Phi) is 7.46. The third-order valence-electron chi connectivity index (χ3n) is 4.34. The number of hydrogen-bond donors (Lipinski definition) is 2. The predicted octanol–water partition coefficient (Wildman–Crippen LogP) is 5.46. The van der Waals surface area contributed by atoms with Crippen molar-refractivity contribution in [3.63, 3.8) is 0 Å². The molecule has 9 heteroatoms. The van der Waals surface area contributed by atoms with Crippen LogP contribution in [-0.2, 0) is 4.79 Å². The summed E-state index contributed by atoms with van der Waals surface area (Å²) in [6.45, 7) is 0. The Balaban J connectivity index is 1.88. The number of carbonyl (C=O) groups is 3. The van der Waals surface area contributed by atoms with Crippen LogP contribution in [0.2, 0.25) is 10.0 Å². The molecule has 0 saturated carbocycles. The van der Waals surface area contributed by atoms with Crippen molar-refractivity contribution in [3.05, 3.63) is 99.0 Å². The zero-order valence-corrected chi connectivity index (χ0v) is 18.2. The van der Waals surface area contributed by atoms with Gasteiger partial charge in [0.1, 0.15) is 17.4 Å². The van der Waals surface area contributed by atoms with Gasteiger partial charge in [-0.2, -0.15) is 5.26 Å². The number of nitrogens with zero attached hydrogens (tertiary/aromatic N) is 1. The highest BCUT2D eigenvalue weighted by Crippen LogP contribution is 2.26. The molecule has 3 aromatic carbocycles. The first kappa shape index (κ1) is 23.5. The average Bonchev–Trinajstić information content (AvgIpc) is 2.78. The van der Waals surface area contributed by atoms with Crippen LogP contribution < -0.4 is 10.1 Å². The van der Waals surface area contributed by atoms with Gasteiger partial charge in [0.25, 0.3) is 5.91 Å². The van der Waals surface area contributed by atoms with Crippen molar-refractivity contribution in [3.8, 4) is 11.8 Å². The highest BCUT2D eigenvalue weighted by molar-refractivity contribution is 6.36. The summed E-state index contributed by atoms with van der Waals surface area (Å²) in [5.74, 6) is -2.73. The van der Waals surface area contributed by atoms with Gasteiger partial charge in [-0.15, -0.1) is 0 Å². The summed E-state index contributed by atoms with van der Waals surface area (Å²) in [7, 11) is 0. The number of carbonyl (C=O) groups excluding carboxylic acids is 2. The van der Waals surface area contributed by atoms with Crippen LogP contribution in [-0.4, -0.2) is 23.0 Å². The quantitative estimate of drug-likeness (QED) is 0.209. The minimum atomic E-state index is -1.23. The third kappa shape index (κ3) is 5.77. The molecule has 0 bridgehead atoms. The lowest BCUT2D eigenvalue weighted by molar-refractivity contribution is -0.112. The van der Waals surface area contributed by atoms with E-state index >= 15 is 0 Å². The van der Waals surface area contributed by atoms with E-state index in [0.29, 0.717) is 5.02 Å². The van der Waals surface area contributed by atoms with E-state index in [0.717, 1.165) is 0 Å². The molecular formula is C24H14Cl2N2O5. The monoisotopic (exact) mass is 480 g/mol. The second kappa shape index (κ2) is 10.5. The molecule has 0 heterocycles. The molecule has 0 aliphatic rings. The smallest absolute Gasteiger partial charge is 0.345 e. The fourth-order valence-electron chi connectivity index (χ4n) is 2.77. The maximum absolute atomic E-state index is 12.6. The normalized spacial score (nSPS) is 10.8. The van der Waals surface area contributed by atoms with Crippen molar-refractivity contribution in [2.24, 2.45) is 0 Å². The van der Waals surface area contributed by atoms with E-state index < -0.39 is 17.8 Å². The molecule has 7 nitrogen and oxygen atoms in total. The van der Waals surface area contributed by atoms with Crippen LogP contribution in [0.25, 0.3) is 6.08 Å². The Bertz CT molecular complexity index is 1330. The fourth-order valence-corrected chi connectivity index (χ4v) is 3.26. The SMILES string of the molecule is N#C/C(=C\c1ccccc1OC(=O)c1ccc(Cl)cc1Cl)C(=O)Nc1ccccc1C(=O)O. The Morgan fingerprint density at radius 1 is 0.970 bits per heavy atom. The molecule has 3 aromatic rings. The van der Waals surface area contributed by atoms with Crippen molar-refractivity contribution >= 4 is 52.8 Å². The van der Waals surface area contributed by atoms with Gasteiger partial charge in [-0.3, -0.25) is 4.79 Å². The largest absolute Gasteiger partial charge is 0.478 e. The first-order chi connectivity index (χ1) is 15.8. The van der Waals surface area contributed by atoms with Crippen molar-refractivity contribution in [2.75, 3.05) is 5.32 Å². The van der Waals surface area contributed by atoms with E-state index in [4.69, 9.17) is 27.9 Å². The van der Waals surface area contributed by atoms with Crippen molar-refractivity contribution < 1.29 is 24.2 Å². The molecule has 164 valence electrons. The van der Waals surface area contributed by atoms with Gasteiger partial charge in [-0.05, 0) is 42.5 Å². The molecule has 0 spiro atoms. The number of carboxylic acid groups (broad SMARTS) is 1. The van der Waals surface area contributed by atoms with E-state index in [1.807, 2.05) is 0 Å². The number of hydrogen-bond acceptors (Lipinski definition) is 5. The van der Waals surface area contributed by atoms with Crippen LogP contribution in [0.15, 0.2) is 72.3 Å². The predicted molar refractivity (Wildman–Crippen MR) is 123 cm³/mol. The Labute approximate surface area is 198 Å². The number of anilines is 1. The standard InChI is InChI=1S/C24H14Cl2N2O5/c25-16-9-10-17(19(26)12-16)24(32)33-21-8-4-1-5-14(21)11-15(13-27)22(29)28-20-7-3-2-6-18(20)23(30)31/h1-12H,(H,28,29)(H,30,31)/b15-11+. The van der Waals surface area contributed by atoms with E-state index in [1.54, 1.807) is 30.3 Å². The molecule has 3 rings (SSSR count). The van der Waals surface area contributed by atoms with Gasteiger partial charge in [-0.1, -0.05) is 53.5 Å². The molecule has 1 amide bonds. The fraction of sp³-hybridized carbons (Fsp3) is 0. The molecule has 33 heavy (non-hydrogen) atoms.